The van der Waals surface area contributed by atoms with Crippen molar-refractivity contribution < 1.29 is 14.6 Å². The van der Waals surface area contributed by atoms with Gasteiger partial charge >= 0.3 is 12.1 Å². The van der Waals surface area contributed by atoms with Gasteiger partial charge in [-0.25, -0.2) is 4.79 Å². The summed E-state index contributed by atoms with van der Waals surface area (Å²) in [5.74, 6) is 0.827. The summed E-state index contributed by atoms with van der Waals surface area (Å²) in [6.45, 7) is 4.48. The van der Waals surface area contributed by atoms with Crippen molar-refractivity contribution in [2.24, 2.45) is 5.41 Å². The Morgan fingerprint density at radius 3 is 2.70 bits per heavy atom. The van der Waals surface area contributed by atoms with Crippen LogP contribution in [0, 0.1) is 16.7 Å². The lowest BCUT2D eigenvalue weighted by atomic mass is 9.95. The van der Waals surface area contributed by atoms with Crippen LogP contribution in [-0.2, 0) is 13.0 Å². The molecule has 1 amide bonds. The predicted molar refractivity (Wildman–Crippen MR) is 165 cm³/mol. The van der Waals surface area contributed by atoms with Crippen LogP contribution in [0.4, 0.5) is 16.3 Å². The van der Waals surface area contributed by atoms with Gasteiger partial charge in [0.15, 0.2) is 0 Å². The highest BCUT2D eigenvalue weighted by atomic mass is 16.5. The van der Waals surface area contributed by atoms with Crippen molar-refractivity contribution in [3.63, 3.8) is 0 Å². The van der Waals surface area contributed by atoms with Crippen LogP contribution in [0.15, 0.2) is 42.5 Å². The van der Waals surface area contributed by atoms with Crippen LogP contribution in [0.3, 0.4) is 0 Å². The second kappa shape index (κ2) is 11.2. The number of piperazine rings is 1. The quantitative estimate of drug-likeness (QED) is 0.431. The monoisotopic (exact) mass is 581 g/mol. The number of fused-ring (bicyclic) bond motifs is 2. The van der Waals surface area contributed by atoms with Crippen LogP contribution in [0.25, 0.3) is 10.8 Å². The van der Waals surface area contributed by atoms with Crippen molar-refractivity contribution in [2.75, 3.05) is 56.2 Å². The molecule has 0 bridgehead atoms. The molecule has 2 atom stereocenters. The van der Waals surface area contributed by atoms with Crippen molar-refractivity contribution in [1.82, 2.24) is 19.8 Å². The number of carbonyl (C=O) groups is 1. The third-order valence-electron chi connectivity index (χ3n) is 10.1. The maximum Gasteiger partial charge on any atom is 0.407 e. The van der Waals surface area contributed by atoms with Gasteiger partial charge in [0.25, 0.3) is 0 Å². The fourth-order valence-electron chi connectivity index (χ4n) is 7.61. The van der Waals surface area contributed by atoms with Gasteiger partial charge in [0.1, 0.15) is 5.82 Å². The normalized spacial score (nSPS) is 23.2. The molecule has 43 heavy (non-hydrogen) atoms. The molecule has 2 aromatic carbocycles. The maximum atomic E-state index is 11.9. The second-order valence-corrected chi connectivity index (χ2v) is 12.7. The van der Waals surface area contributed by atoms with Gasteiger partial charge < -0.3 is 29.4 Å². The minimum Gasteiger partial charge on any atom is -0.465 e. The molecule has 224 valence electrons. The summed E-state index contributed by atoms with van der Waals surface area (Å²) in [6.07, 6.45) is 4.72. The molecule has 1 N–H and O–H groups in total. The molecule has 4 aliphatic rings. The van der Waals surface area contributed by atoms with Gasteiger partial charge in [0.05, 0.1) is 37.4 Å². The van der Waals surface area contributed by atoms with Crippen LogP contribution in [0.1, 0.15) is 43.4 Å². The Hall–Kier alpha value is -4.10. The summed E-state index contributed by atoms with van der Waals surface area (Å²) < 4.78 is 6.49. The van der Waals surface area contributed by atoms with Crippen molar-refractivity contribution in [3.8, 4) is 12.1 Å². The van der Waals surface area contributed by atoms with Crippen molar-refractivity contribution in [1.29, 1.82) is 5.26 Å². The van der Waals surface area contributed by atoms with Crippen molar-refractivity contribution in [2.45, 2.75) is 57.2 Å². The topological polar surface area (TPSA) is 109 Å². The van der Waals surface area contributed by atoms with E-state index in [2.05, 4.69) is 70.3 Å². The lowest BCUT2D eigenvalue weighted by Crippen LogP contribution is -2.55. The Labute approximate surface area is 252 Å². The minimum absolute atomic E-state index is 0.145. The van der Waals surface area contributed by atoms with E-state index in [1.54, 1.807) is 0 Å². The van der Waals surface area contributed by atoms with Crippen LogP contribution in [0.2, 0.25) is 0 Å². The minimum atomic E-state index is -0.981. The summed E-state index contributed by atoms with van der Waals surface area (Å²) >= 11 is 0. The van der Waals surface area contributed by atoms with Gasteiger partial charge in [-0.3, -0.25) is 0 Å². The SMILES string of the molecule is CN1CCC[C@@H]1C1(COc2nc3c(c(N4CCN(C(=O)O)[C@@H](CC#N)C4)n2)CCN(c2cccc4ccccc24)C3)CC1. The van der Waals surface area contributed by atoms with Gasteiger partial charge in [-0.2, -0.15) is 15.2 Å². The first-order chi connectivity index (χ1) is 21.0. The molecule has 0 spiro atoms. The van der Waals surface area contributed by atoms with Crippen LogP contribution < -0.4 is 14.5 Å². The van der Waals surface area contributed by atoms with Crippen molar-refractivity contribution >= 4 is 28.4 Å². The maximum absolute atomic E-state index is 11.9. The number of nitrogens with zero attached hydrogens (tertiary/aromatic N) is 7. The van der Waals surface area contributed by atoms with Gasteiger partial charge in [0, 0.05) is 54.3 Å². The molecule has 0 unspecified atom stereocenters. The zero-order chi connectivity index (χ0) is 29.6. The van der Waals surface area contributed by atoms with Gasteiger partial charge in [0.2, 0.25) is 0 Å². The first-order valence-electron chi connectivity index (χ1n) is 15.5. The van der Waals surface area contributed by atoms with E-state index in [4.69, 9.17) is 14.7 Å². The largest absolute Gasteiger partial charge is 0.465 e. The Balaban J connectivity index is 1.21. The van der Waals surface area contributed by atoms with Crippen molar-refractivity contribution in [3.05, 3.63) is 53.7 Å². The van der Waals surface area contributed by atoms with E-state index in [9.17, 15) is 15.2 Å². The molecular weight excluding hydrogens is 542 g/mol. The summed E-state index contributed by atoms with van der Waals surface area (Å²) in [5.41, 5.74) is 3.42. The molecule has 3 fully saturated rings. The van der Waals surface area contributed by atoms with E-state index in [0.717, 1.165) is 36.6 Å². The number of ether oxygens (including phenoxy) is 1. The van der Waals surface area contributed by atoms with Crippen LogP contribution in [0.5, 0.6) is 6.01 Å². The molecule has 1 aliphatic carbocycles. The number of likely N-dealkylation sites (tertiary alicyclic amines) is 1. The Bertz CT molecular complexity index is 1560. The average molecular weight is 582 g/mol. The first-order valence-corrected chi connectivity index (χ1v) is 15.5. The highest BCUT2D eigenvalue weighted by molar-refractivity contribution is 5.94. The van der Waals surface area contributed by atoms with E-state index < -0.39 is 12.1 Å². The van der Waals surface area contributed by atoms with E-state index in [1.165, 1.54) is 47.0 Å². The zero-order valence-corrected chi connectivity index (χ0v) is 24.8. The molecule has 1 saturated carbocycles. The van der Waals surface area contributed by atoms with Gasteiger partial charge in [-0.05, 0) is 57.1 Å². The molecule has 10 heteroatoms. The summed E-state index contributed by atoms with van der Waals surface area (Å²) in [4.78, 5) is 30.3. The van der Waals surface area contributed by atoms with Gasteiger partial charge in [-0.1, -0.05) is 36.4 Å². The molecule has 3 aliphatic heterocycles. The molecule has 7 rings (SSSR count). The third kappa shape index (κ3) is 5.20. The number of rotatable bonds is 7. The number of hydrogen-bond donors (Lipinski definition) is 1. The number of hydrogen-bond acceptors (Lipinski definition) is 8. The van der Waals surface area contributed by atoms with E-state index in [0.29, 0.717) is 44.8 Å². The Morgan fingerprint density at radius 1 is 1.09 bits per heavy atom. The average Bonchev–Trinajstić information content (AvgIpc) is 3.69. The number of anilines is 2. The van der Waals surface area contributed by atoms with Gasteiger partial charge in [-0.15, -0.1) is 0 Å². The number of benzene rings is 2. The summed E-state index contributed by atoms with van der Waals surface area (Å²) in [5, 5.41) is 21.6. The second-order valence-electron chi connectivity index (χ2n) is 12.7. The number of aromatic nitrogens is 2. The number of amides is 1. The smallest absolute Gasteiger partial charge is 0.407 e. The van der Waals surface area contributed by atoms with E-state index >= 15 is 0 Å². The highest BCUT2D eigenvalue weighted by Gasteiger charge is 2.52. The van der Waals surface area contributed by atoms with Crippen LogP contribution in [-0.4, -0.2) is 89.4 Å². The first kappa shape index (κ1) is 27.7. The fourth-order valence-corrected chi connectivity index (χ4v) is 7.61. The van der Waals surface area contributed by atoms with E-state index in [-0.39, 0.29) is 11.8 Å². The molecule has 3 aromatic rings. The van der Waals surface area contributed by atoms with Crippen LogP contribution >= 0.6 is 0 Å². The van der Waals surface area contributed by atoms with E-state index in [1.807, 2.05) is 0 Å². The third-order valence-corrected chi connectivity index (χ3v) is 10.1. The Kier molecular flexibility index (Phi) is 7.21. The number of nitriles is 1. The molecule has 4 heterocycles. The zero-order valence-electron chi connectivity index (χ0n) is 24.8. The standard InChI is InChI=1S/C33H39N7O3/c1-37-16-5-10-29(37)33(13-14-33)22-43-31-35-27-21-38(28-9-4-7-23-6-2-3-8-25(23)28)17-12-26(27)30(36-31)39-18-19-40(32(41)42)24(20-39)11-15-34/h2-4,6-9,24,29H,5,10-14,16-22H2,1H3,(H,41,42)/t24-,29+/m0/s1. The Morgan fingerprint density at radius 2 is 1.93 bits per heavy atom. The molecule has 10 nitrogen and oxygen atoms in total. The molecule has 1 aromatic heterocycles. The predicted octanol–water partition coefficient (Wildman–Crippen LogP) is 4.53. The number of carboxylic acid groups (broad SMARTS) is 1. The lowest BCUT2D eigenvalue weighted by Gasteiger charge is -2.41. The summed E-state index contributed by atoms with van der Waals surface area (Å²) in [6, 6.07) is 17.6. The molecule has 0 radical (unpaired) electrons. The summed E-state index contributed by atoms with van der Waals surface area (Å²) in [7, 11) is 2.22. The highest BCUT2D eigenvalue weighted by Crippen LogP contribution is 2.53. The fraction of sp³-hybridized carbons (Fsp3) is 0.515. The molecule has 2 saturated heterocycles. The lowest BCUT2D eigenvalue weighted by molar-refractivity contribution is 0.118. The molecular formula is C33H39N7O3.